The minimum absolute atomic E-state index is 0.0383. The molecule has 1 atom stereocenters. The Labute approximate surface area is 117 Å². The van der Waals surface area contributed by atoms with Gasteiger partial charge in [-0.05, 0) is 37.6 Å². The molecule has 2 aromatic rings. The zero-order valence-corrected chi connectivity index (χ0v) is 11.4. The summed E-state index contributed by atoms with van der Waals surface area (Å²) in [4.78, 5) is 10.5. The standard InChI is InChI=1S/C15H16N2O3/c1-10-14(17(18)19)4-3-5-15(10)20-13-8-6-12(7-9-13)11(2)16/h3-9,11H,16H2,1-2H3/t11-/m1/s1. The third-order valence-corrected chi connectivity index (χ3v) is 3.09. The van der Waals surface area contributed by atoms with E-state index in [1.54, 1.807) is 31.2 Å². The van der Waals surface area contributed by atoms with Crippen molar-refractivity contribution < 1.29 is 9.66 Å². The van der Waals surface area contributed by atoms with Crippen molar-refractivity contribution in [2.45, 2.75) is 19.9 Å². The highest BCUT2D eigenvalue weighted by atomic mass is 16.6. The highest BCUT2D eigenvalue weighted by molar-refractivity contribution is 5.49. The van der Waals surface area contributed by atoms with Crippen LogP contribution in [-0.4, -0.2) is 4.92 Å². The molecule has 0 heterocycles. The SMILES string of the molecule is Cc1c(Oc2ccc([C@@H](C)N)cc2)cccc1[N+](=O)[O-]. The molecule has 0 saturated carbocycles. The van der Waals surface area contributed by atoms with Gasteiger partial charge in [0.15, 0.2) is 0 Å². The van der Waals surface area contributed by atoms with Crippen LogP contribution in [0.1, 0.15) is 24.1 Å². The highest BCUT2D eigenvalue weighted by Crippen LogP contribution is 2.31. The summed E-state index contributed by atoms with van der Waals surface area (Å²) in [6.07, 6.45) is 0. The van der Waals surface area contributed by atoms with Gasteiger partial charge in [0.1, 0.15) is 11.5 Å². The van der Waals surface area contributed by atoms with Gasteiger partial charge in [0, 0.05) is 12.1 Å². The lowest BCUT2D eigenvalue weighted by Gasteiger charge is -2.10. The van der Waals surface area contributed by atoms with Crippen LogP contribution in [0.2, 0.25) is 0 Å². The van der Waals surface area contributed by atoms with Crippen LogP contribution in [0.15, 0.2) is 42.5 Å². The Kier molecular flexibility index (Phi) is 4.00. The fraction of sp³-hybridized carbons (Fsp3) is 0.200. The van der Waals surface area contributed by atoms with Gasteiger partial charge >= 0.3 is 0 Å². The number of nitrogens with zero attached hydrogens (tertiary/aromatic N) is 1. The summed E-state index contributed by atoms with van der Waals surface area (Å²) in [7, 11) is 0. The van der Waals surface area contributed by atoms with Gasteiger partial charge in [0.05, 0.1) is 10.5 Å². The van der Waals surface area contributed by atoms with Gasteiger partial charge in [0.25, 0.3) is 5.69 Å². The first kappa shape index (κ1) is 14.0. The van der Waals surface area contributed by atoms with Crippen molar-refractivity contribution in [2.75, 3.05) is 0 Å². The molecule has 2 N–H and O–H groups in total. The fourth-order valence-corrected chi connectivity index (χ4v) is 1.88. The molecular weight excluding hydrogens is 256 g/mol. The summed E-state index contributed by atoms with van der Waals surface area (Å²) < 4.78 is 5.69. The van der Waals surface area contributed by atoms with Crippen molar-refractivity contribution >= 4 is 5.69 Å². The molecule has 0 bridgehead atoms. The van der Waals surface area contributed by atoms with E-state index in [4.69, 9.17) is 10.5 Å². The molecule has 0 spiro atoms. The van der Waals surface area contributed by atoms with Crippen molar-refractivity contribution in [2.24, 2.45) is 5.73 Å². The minimum atomic E-state index is -0.415. The quantitative estimate of drug-likeness (QED) is 0.679. The summed E-state index contributed by atoms with van der Waals surface area (Å²) in [5, 5.41) is 10.9. The van der Waals surface area contributed by atoms with Crippen LogP contribution in [0.5, 0.6) is 11.5 Å². The lowest BCUT2D eigenvalue weighted by Crippen LogP contribution is -2.04. The third-order valence-electron chi connectivity index (χ3n) is 3.09. The van der Waals surface area contributed by atoms with Crippen LogP contribution in [0.25, 0.3) is 0 Å². The largest absolute Gasteiger partial charge is 0.457 e. The Bertz CT molecular complexity index is 622. The minimum Gasteiger partial charge on any atom is -0.457 e. The van der Waals surface area contributed by atoms with Gasteiger partial charge < -0.3 is 10.5 Å². The van der Waals surface area contributed by atoms with Crippen molar-refractivity contribution in [3.05, 3.63) is 63.7 Å². The van der Waals surface area contributed by atoms with Crippen LogP contribution in [-0.2, 0) is 0 Å². The number of nitro groups is 1. The summed E-state index contributed by atoms with van der Waals surface area (Å²) in [6.45, 7) is 3.57. The molecule has 5 heteroatoms. The average Bonchev–Trinajstić information content (AvgIpc) is 2.41. The molecule has 2 aromatic carbocycles. The molecule has 0 unspecified atom stereocenters. The van der Waals surface area contributed by atoms with Crippen LogP contribution in [0, 0.1) is 17.0 Å². The average molecular weight is 272 g/mol. The maximum absolute atomic E-state index is 10.9. The molecule has 0 fully saturated rings. The van der Waals surface area contributed by atoms with Crippen molar-refractivity contribution in [1.82, 2.24) is 0 Å². The molecule has 2 rings (SSSR count). The van der Waals surface area contributed by atoms with E-state index in [1.165, 1.54) is 6.07 Å². The van der Waals surface area contributed by atoms with E-state index in [1.807, 2.05) is 19.1 Å². The fourth-order valence-electron chi connectivity index (χ4n) is 1.88. The zero-order chi connectivity index (χ0) is 14.7. The van der Waals surface area contributed by atoms with E-state index in [9.17, 15) is 10.1 Å². The van der Waals surface area contributed by atoms with Gasteiger partial charge in [-0.25, -0.2) is 0 Å². The summed E-state index contributed by atoms with van der Waals surface area (Å²) in [6, 6.07) is 12.1. The molecule has 0 radical (unpaired) electrons. The molecule has 0 saturated heterocycles. The number of rotatable bonds is 4. The summed E-state index contributed by atoms with van der Waals surface area (Å²) in [5.41, 5.74) is 7.34. The van der Waals surface area contributed by atoms with E-state index in [0.29, 0.717) is 17.1 Å². The van der Waals surface area contributed by atoms with Gasteiger partial charge in [-0.1, -0.05) is 18.2 Å². The Balaban J connectivity index is 2.26. The maximum atomic E-state index is 10.9. The third kappa shape index (κ3) is 2.95. The predicted octanol–water partition coefficient (Wildman–Crippen LogP) is 3.72. The predicted molar refractivity (Wildman–Crippen MR) is 77.0 cm³/mol. The number of hydrogen-bond acceptors (Lipinski definition) is 4. The summed E-state index contributed by atoms with van der Waals surface area (Å²) >= 11 is 0. The van der Waals surface area contributed by atoms with Gasteiger partial charge in [-0.3, -0.25) is 10.1 Å². The molecule has 104 valence electrons. The Morgan fingerprint density at radius 3 is 2.40 bits per heavy atom. The normalized spacial score (nSPS) is 11.9. The number of ether oxygens (including phenoxy) is 1. The van der Waals surface area contributed by atoms with E-state index in [0.717, 1.165) is 5.56 Å². The first-order valence-corrected chi connectivity index (χ1v) is 6.26. The first-order valence-electron chi connectivity index (χ1n) is 6.26. The van der Waals surface area contributed by atoms with Crippen LogP contribution >= 0.6 is 0 Å². The smallest absolute Gasteiger partial charge is 0.276 e. The Morgan fingerprint density at radius 1 is 1.20 bits per heavy atom. The van der Waals surface area contributed by atoms with E-state index >= 15 is 0 Å². The number of nitro benzene ring substituents is 1. The zero-order valence-electron chi connectivity index (χ0n) is 11.4. The van der Waals surface area contributed by atoms with Gasteiger partial charge in [0.2, 0.25) is 0 Å². The second kappa shape index (κ2) is 5.71. The molecular formula is C15H16N2O3. The Morgan fingerprint density at radius 2 is 1.85 bits per heavy atom. The molecule has 0 aliphatic carbocycles. The molecule has 0 aliphatic heterocycles. The van der Waals surface area contributed by atoms with Gasteiger partial charge in [-0.2, -0.15) is 0 Å². The van der Waals surface area contributed by atoms with Gasteiger partial charge in [-0.15, -0.1) is 0 Å². The highest BCUT2D eigenvalue weighted by Gasteiger charge is 2.14. The number of benzene rings is 2. The summed E-state index contributed by atoms with van der Waals surface area (Å²) in [5.74, 6) is 1.10. The molecule has 0 amide bonds. The molecule has 5 nitrogen and oxygen atoms in total. The van der Waals surface area contributed by atoms with Crippen LogP contribution in [0.3, 0.4) is 0 Å². The van der Waals surface area contributed by atoms with Crippen LogP contribution in [0.4, 0.5) is 5.69 Å². The van der Waals surface area contributed by atoms with E-state index in [-0.39, 0.29) is 11.7 Å². The van der Waals surface area contributed by atoms with E-state index < -0.39 is 4.92 Å². The Hall–Kier alpha value is -2.40. The lowest BCUT2D eigenvalue weighted by molar-refractivity contribution is -0.385. The lowest BCUT2D eigenvalue weighted by atomic mass is 10.1. The molecule has 20 heavy (non-hydrogen) atoms. The topological polar surface area (TPSA) is 78.4 Å². The monoisotopic (exact) mass is 272 g/mol. The molecule has 0 aliphatic rings. The van der Waals surface area contributed by atoms with E-state index in [2.05, 4.69) is 0 Å². The maximum Gasteiger partial charge on any atom is 0.276 e. The number of nitrogens with two attached hydrogens (primary N) is 1. The second-order valence-corrected chi connectivity index (χ2v) is 4.62. The first-order chi connectivity index (χ1) is 9.49. The van der Waals surface area contributed by atoms with Crippen LogP contribution < -0.4 is 10.5 Å². The second-order valence-electron chi connectivity index (χ2n) is 4.62. The number of hydrogen-bond donors (Lipinski definition) is 1. The van der Waals surface area contributed by atoms with Crippen molar-refractivity contribution in [1.29, 1.82) is 0 Å². The molecule has 0 aromatic heterocycles. The van der Waals surface area contributed by atoms with Crippen molar-refractivity contribution in [3.63, 3.8) is 0 Å². The van der Waals surface area contributed by atoms with Crippen molar-refractivity contribution in [3.8, 4) is 11.5 Å².